The molecule has 0 aromatic heterocycles. The van der Waals surface area contributed by atoms with Crippen LogP contribution in [0.15, 0.2) is 12.7 Å². The lowest BCUT2D eigenvalue weighted by Gasteiger charge is -2.28. The SMILES string of the molecule is C=CC(=O)OC(C)(CCCCC)OP(=O)(O)O. The Labute approximate surface area is 101 Å². The molecule has 0 aliphatic carbocycles. The first-order valence-corrected chi connectivity index (χ1v) is 6.87. The minimum absolute atomic E-state index is 0.214. The zero-order valence-corrected chi connectivity index (χ0v) is 11.0. The lowest BCUT2D eigenvalue weighted by atomic mass is 10.1. The van der Waals surface area contributed by atoms with Gasteiger partial charge in [0.2, 0.25) is 5.79 Å². The molecule has 0 saturated heterocycles. The van der Waals surface area contributed by atoms with E-state index in [-0.39, 0.29) is 6.42 Å². The molecular formula is C10H19O6P. The van der Waals surface area contributed by atoms with Crippen molar-refractivity contribution in [2.24, 2.45) is 0 Å². The van der Waals surface area contributed by atoms with E-state index >= 15 is 0 Å². The largest absolute Gasteiger partial charge is 0.472 e. The summed E-state index contributed by atoms with van der Waals surface area (Å²) in [7, 11) is -4.71. The summed E-state index contributed by atoms with van der Waals surface area (Å²) < 4.78 is 20.2. The molecule has 1 atom stereocenters. The number of hydrogen-bond donors (Lipinski definition) is 2. The summed E-state index contributed by atoms with van der Waals surface area (Å²) >= 11 is 0. The van der Waals surface area contributed by atoms with Crippen molar-refractivity contribution in [1.82, 2.24) is 0 Å². The molecule has 0 saturated carbocycles. The molecule has 2 N–H and O–H groups in total. The quantitative estimate of drug-likeness (QED) is 0.230. The zero-order chi connectivity index (χ0) is 13.5. The normalized spacial score (nSPS) is 15.1. The molecule has 6 nitrogen and oxygen atoms in total. The first-order chi connectivity index (χ1) is 7.72. The van der Waals surface area contributed by atoms with Gasteiger partial charge in [0, 0.05) is 19.4 Å². The number of phosphoric acid groups is 1. The fraction of sp³-hybridized carbons (Fsp3) is 0.700. The average Bonchev–Trinajstić information content (AvgIpc) is 2.14. The van der Waals surface area contributed by atoms with Crippen molar-refractivity contribution in [2.45, 2.75) is 45.3 Å². The highest BCUT2D eigenvalue weighted by Crippen LogP contribution is 2.43. The summed E-state index contributed by atoms with van der Waals surface area (Å²) in [6.07, 6.45) is 3.55. The smallest absolute Gasteiger partial charge is 0.430 e. The van der Waals surface area contributed by atoms with E-state index in [9.17, 15) is 9.36 Å². The summed E-state index contributed by atoms with van der Waals surface area (Å²) in [4.78, 5) is 28.6. The molecule has 0 aliphatic rings. The second kappa shape index (κ2) is 6.91. The van der Waals surface area contributed by atoms with Gasteiger partial charge in [0.25, 0.3) is 0 Å². The van der Waals surface area contributed by atoms with Crippen molar-refractivity contribution in [3.8, 4) is 0 Å². The highest BCUT2D eigenvalue weighted by Gasteiger charge is 2.36. The van der Waals surface area contributed by atoms with Crippen LogP contribution in [-0.2, 0) is 18.6 Å². The van der Waals surface area contributed by atoms with Crippen LogP contribution in [0.25, 0.3) is 0 Å². The third-order valence-corrected chi connectivity index (χ3v) is 2.65. The van der Waals surface area contributed by atoms with Crippen LogP contribution < -0.4 is 0 Å². The first-order valence-electron chi connectivity index (χ1n) is 5.34. The third-order valence-electron chi connectivity index (χ3n) is 2.03. The van der Waals surface area contributed by atoms with Crippen LogP contribution in [0.3, 0.4) is 0 Å². The number of phosphoric ester groups is 1. The number of hydrogen-bond acceptors (Lipinski definition) is 4. The van der Waals surface area contributed by atoms with E-state index in [0.29, 0.717) is 6.42 Å². The molecule has 1 unspecified atom stereocenters. The molecule has 0 aromatic rings. The van der Waals surface area contributed by atoms with Crippen molar-refractivity contribution in [3.05, 3.63) is 12.7 Å². The molecule has 0 heterocycles. The Morgan fingerprint density at radius 2 is 2.06 bits per heavy atom. The van der Waals surface area contributed by atoms with Crippen molar-refractivity contribution in [1.29, 1.82) is 0 Å². The second-order valence-corrected chi connectivity index (χ2v) is 4.96. The summed E-state index contributed by atoms with van der Waals surface area (Å²) in [5.41, 5.74) is 0. The molecule has 0 radical (unpaired) electrons. The van der Waals surface area contributed by atoms with E-state index < -0.39 is 19.6 Å². The first kappa shape index (κ1) is 16.3. The maximum Gasteiger partial charge on any atom is 0.472 e. The monoisotopic (exact) mass is 266 g/mol. The second-order valence-electron chi connectivity index (χ2n) is 3.80. The Bertz CT molecular complexity index is 310. The Hall–Kier alpha value is -0.680. The molecule has 0 aliphatic heterocycles. The molecule has 0 fully saturated rings. The van der Waals surface area contributed by atoms with Crippen LogP contribution in [0, 0.1) is 0 Å². The van der Waals surface area contributed by atoms with E-state index in [1.807, 2.05) is 6.92 Å². The number of carbonyl (C=O) groups is 1. The maximum absolute atomic E-state index is 11.1. The Kier molecular flexibility index (Phi) is 6.64. The number of rotatable bonds is 8. The molecule has 17 heavy (non-hydrogen) atoms. The Balaban J connectivity index is 4.61. The van der Waals surface area contributed by atoms with E-state index in [4.69, 9.17) is 14.5 Å². The van der Waals surface area contributed by atoms with Crippen molar-refractivity contribution in [3.63, 3.8) is 0 Å². The lowest BCUT2D eigenvalue weighted by Crippen LogP contribution is -2.33. The highest BCUT2D eigenvalue weighted by molar-refractivity contribution is 7.46. The fourth-order valence-corrected chi connectivity index (χ4v) is 1.95. The van der Waals surface area contributed by atoms with Gasteiger partial charge in [0.05, 0.1) is 0 Å². The average molecular weight is 266 g/mol. The van der Waals surface area contributed by atoms with Gasteiger partial charge in [-0.25, -0.2) is 13.9 Å². The van der Waals surface area contributed by atoms with Crippen LogP contribution in [-0.4, -0.2) is 21.5 Å². The third kappa shape index (κ3) is 8.10. The lowest BCUT2D eigenvalue weighted by molar-refractivity contribution is -0.193. The molecule has 100 valence electrons. The molecule has 0 spiro atoms. The summed E-state index contributed by atoms with van der Waals surface area (Å²) in [5.74, 6) is -2.41. The number of carbonyl (C=O) groups excluding carboxylic acids is 1. The Morgan fingerprint density at radius 1 is 1.47 bits per heavy atom. The summed E-state index contributed by atoms with van der Waals surface area (Å²) in [5, 5.41) is 0. The number of unbranched alkanes of at least 4 members (excludes halogenated alkanes) is 2. The van der Waals surface area contributed by atoms with Gasteiger partial charge in [-0.15, -0.1) is 0 Å². The molecule has 0 bridgehead atoms. The number of esters is 1. The van der Waals surface area contributed by atoms with Gasteiger partial charge in [-0.2, -0.15) is 0 Å². The van der Waals surface area contributed by atoms with Crippen LogP contribution in [0.2, 0.25) is 0 Å². The highest BCUT2D eigenvalue weighted by atomic mass is 31.2. The minimum Gasteiger partial charge on any atom is -0.430 e. The molecule has 0 aromatic carbocycles. The molecule has 0 rings (SSSR count). The van der Waals surface area contributed by atoms with Gasteiger partial charge in [-0.3, -0.25) is 0 Å². The van der Waals surface area contributed by atoms with Crippen molar-refractivity contribution >= 4 is 13.8 Å². The van der Waals surface area contributed by atoms with E-state index in [2.05, 4.69) is 11.1 Å². The van der Waals surface area contributed by atoms with Gasteiger partial charge < -0.3 is 14.5 Å². The fourth-order valence-electron chi connectivity index (χ4n) is 1.32. The van der Waals surface area contributed by atoms with Gasteiger partial charge in [0.15, 0.2) is 0 Å². The van der Waals surface area contributed by atoms with E-state index in [1.54, 1.807) is 0 Å². The summed E-state index contributed by atoms with van der Waals surface area (Å²) in [6, 6.07) is 0. The van der Waals surface area contributed by atoms with Crippen LogP contribution in [0.4, 0.5) is 0 Å². The van der Waals surface area contributed by atoms with E-state index in [0.717, 1.165) is 18.9 Å². The van der Waals surface area contributed by atoms with Crippen LogP contribution >= 0.6 is 7.82 Å². The molecule has 0 amide bonds. The standard InChI is InChI=1S/C10H19O6P/c1-4-6-7-8-10(3,15-9(11)5-2)16-17(12,13)14/h5H,2,4,6-8H2,1,3H3,(H2,12,13,14). The van der Waals surface area contributed by atoms with Crippen LogP contribution in [0.1, 0.15) is 39.5 Å². The topological polar surface area (TPSA) is 93.1 Å². The molecular weight excluding hydrogens is 247 g/mol. The van der Waals surface area contributed by atoms with Gasteiger partial charge in [-0.05, 0) is 6.42 Å². The predicted octanol–water partition coefficient (Wildman–Crippen LogP) is 2.12. The zero-order valence-electron chi connectivity index (χ0n) is 10.1. The van der Waals surface area contributed by atoms with Gasteiger partial charge in [-0.1, -0.05) is 26.3 Å². The maximum atomic E-state index is 11.1. The van der Waals surface area contributed by atoms with Crippen molar-refractivity contribution < 1.29 is 28.4 Å². The van der Waals surface area contributed by atoms with Crippen molar-refractivity contribution in [2.75, 3.05) is 0 Å². The van der Waals surface area contributed by atoms with Gasteiger partial charge in [0.1, 0.15) is 0 Å². The minimum atomic E-state index is -4.71. The Morgan fingerprint density at radius 3 is 2.47 bits per heavy atom. The van der Waals surface area contributed by atoms with Crippen LogP contribution in [0.5, 0.6) is 0 Å². The predicted molar refractivity (Wildman–Crippen MR) is 62.0 cm³/mol. The van der Waals surface area contributed by atoms with E-state index in [1.165, 1.54) is 6.92 Å². The number of ether oxygens (including phenoxy) is 1. The van der Waals surface area contributed by atoms with Gasteiger partial charge >= 0.3 is 13.8 Å². The summed E-state index contributed by atoms with van der Waals surface area (Å²) in [6.45, 7) is 6.52. The molecule has 7 heteroatoms.